The van der Waals surface area contributed by atoms with Crippen molar-refractivity contribution in [3.8, 4) is 0 Å². The number of hydrogen-bond donors (Lipinski definition) is 2. The number of rotatable bonds is 4. The predicted molar refractivity (Wildman–Crippen MR) is 94.5 cm³/mol. The van der Waals surface area contributed by atoms with E-state index in [1.807, 2.05) is 18.2 Å². The van der Waals surface area contributed by atoms with Crippen molar-refractivity contribution in [2.75, 3.05) is 0 Å². The van der Waals surface area contributed by atoms with Crippen molar-refractivity contribution < 1.29 is 0 Å². The minimum absolute atomic E-state index is 0.400. The number of nitrogens with zero attached hydrogens (tertiary/aromatic N) is 2. The third kappa shape index (κ3) is 3.40. The van der Waals surface area contributed by atoms with Gasteiger partial charge < -0.3 is 0 Å². The monoisotopic (exact) mass is 364 g/mol. The van der Waals surface area contributed by atoms with Gasteiger partial charge in [0.15, 0.2) is 0 Å². The van der Waals surface area contributed by atoms with Crippen LogP contribution in [0.5, 0.6) is 0 Å². The second-order valence-corrected chi connectivity index (χ2v) is 5.87. The summed E-state index contributed by atoms with van der Waals surface area (Å²) < 4.78 is 0.836. The molecule has 0 saturated heterocycles. The van der Waals surface area contributed by atoms with Crippen molar-refractivity contribution in [1.29, 1.82) is 10.8 Å². The van der Waals surface area contributed by atoms with Crippen LogP contribution in [0.1, 0.15) is 22.3 Å². The van der Waals surface area contributed by atoms with Crippen LogP contribution in [0, 0.1) is 10.8 Å². The van der Waals surface area contributed by atoms with Gasteiger partial charge >= 0.3 is 0 Å². The Hall–Kier alpha value is -2.66. The van der Waals surface area contributed by atoms with E-state index in [0.29, 0.717) is 11.4 Å². The average Bonchev–Trinajstić information content (AvgIpc) is 2.61. The van der Waals surface area contributed by atoms with Gasteiger partial charge in [-0.1, -0.05) is 15.9 Å². The summed E-state index contributed by atoms with van der Waals surface area (Å²) in [5, 5.41) is 16.8. The molecule has 0 atom stereocenters. The summed E-state index contributed by atoms with van der Waals surface area (Å²) in [5.41, 5.74) is 3.88. The van der Waals surface area contributed by atoms with Crippen LogP contribution in [-0.2, 0) is 0 Å². The van der Waals surface area contributed by atoms with Crippen LogP contribution < -0.4 is 0 Å². The molecule has 23 heavy (non-hydrogen) atoms. The molecule has 0 saturated carbocycles. The maximum absolute atomic E-state index is 8.38. The standard InChI is InChI=1S/C18H13BrN4/c19-16-10-14(17(20)12-1-5-22-6-2-12)9-15(11-16)18(21)13-3-7-23-8-4-13/h1-11,20-21H. The maximum atomic E-state index is 8.38. The summed E-state index contributed by atoms with van der Waals surface area (Å²) in [6.07, 6.45) is 6.67. The van der Waals surface area contributed by atoms with E-state index in [1.54, 1.807) is 49.1 Å². The Balaban J connectivity index is 2.00. The smallest absolute Gasteiger partial charge is 0.0686 e. The highest BCUT2D eigenvalue weighted by molar-refractivity contribution is 9.10. The fourth-order valence-corrected chi connectivity index (χ4v) is 2.74. The van der Waals surface area contributed by atoms with Crippen LogP contribution in [0.3, 0.4) is 0 Å². The second-order valence-electron chi connectivity index (χ2n) is 4.95. The van der Waals surface area contributed by atoms with Crippen molar-refractivity contribution in [2.45, 2.75) is 0 Å². The van der Waals surface area contributed by atoms with E-state index in [2.05, 4.69) is 25.9 Å². The zero-order valence-corrected chi connectivity index (χ0v) is 13.7. The highest BCUT2D eigenvalue weighted by Crippen LogP contribution is 2.20. The first-order chi connectivity index (χ1) is 11.1. The molecule has 0 aliphatic carbocycles. The minimum atomic E-state index is 0.400. The number of hydrogen-bond acceptors (Lipinski definition) is 4. The lowest BCUT2D eigenvalue weighted by molar-refractivity contribution is 1.31. The molecule has 2 heterocycles. The number of halogens is 1. The Morgan fingerprint density at radius 3 is 1.43 bits per heavy atom. The van der Waals surface area contributed by atoms with E-state index in [4.69, 9.17) is 10.8 Å². The first-order valence-corrected chi connectivity index (χ1v) is 7.73. The van der Waals surface area contributed by atoms with Crippen LogP contribution in [0.4, 0.5) is 0 Å². The van der Waals surface area contributed by atoms with Crippen LogP contribution in [0.15, 0.2) is 71.7 Å². The van der Waals surface area contributed by atoms with Crippen LogP contribution in [0.2, 0.25) is 0 Å². The normalized spacial score (nSPS) is 10.3. The van der Waals surface area contributed by atoms with Crippen LogP contribution >= 0.6 is 15.9 Å². The summed E-state index contributed by atoms with van der Waals surface area (Å²) in [4.78, 5) is 7.96. The van der Waals surface area contributed by atoms with E-state index in [-0.39, 0.29) is 0 Å². The molecule has 3 aromatic rings. The number of pyridine rings is 2. The Morgan fingerprint density at radius 1 is 0.652 bits per heavy atom. The van der Waals surface area contributed by atoms with Gasteiger partial charge in [-0.3, -0.25) is 20.8 Å². The molecule has 1 aromatic carbocycles. The number of benzene rings is 1. The molecule has 0 fully saturated rings. The summed E-state index contributed by atoms with van der Waals surface area (Å²) in [6.45, 7) is 0. The first-order valence-electron chi connectivity index (χ1n) is 6.94. The molecule has 4 nitrogen and oxygen atoms in total. The molecule has 0 radical (unpaired) electrons. The van der Waals surface area contributed by atoms with E-state index < -0.39 is 0 Å². The summed E-state index contributed by atoms with van der Waals surface area (Å²) in [6, 6.07) is 12.8. The Kier molecular flexibility index (Phi) is 4.39. The number of aromatic nitrogens is 2. The van der Waals surface area contributed by atoms with Crippen LogP contribution in [0.25, 0.3) is 0 Å². The molecule has 0 bridgehead atoms. The minimum Gasteiger partial charge on any atom is -0.300 e. The van der Waals surface area contributed by atoms with Gasteiger partial charge in [-0.15, -0.1) is 0 Å². The van der Waals surface area contributed by atoms with E-state index >= 15 is 0 Å². The van der Waals surface area contributed by atoms with Gasteiger partial charge in [-0.05, 0) is 42.5 Å². The topological polar surface area (TPSA) is 73.5 Å². The zero-order chi connectivity index (χ0) is 16.2. The largest absolute Gasteiger partial charge is 0.300 e. The molecule has 0 aliphatic rings. The van der Waals surface area contributed by atoms with Gasteiger partial charge in [-0.25, -0.2) is 0 Å². The molecule has 5 heteroatoms. The molecule has 0 aliphatic heterocycles. The molecule has 3 rings (SSSR count). The van der Waals surface area contributed by atoms with E-state index in [1.165, 1.54) is 0 Å². The van der Waals surface area contributed by atoms with Crippen molar-refractivity contribution in [3.63, 3.8) is 0 Å². The Labute approximate surface area is 142 Å². The van der Waals surface area contributed by atoms with E-state index in [0.717, 1.165) is 26.7 Å². The lowest BCUT2D eigenvalue weighted by Crippen LogP contribution is -2.06. The van der Waals surface area contributed by atoms with Gasteiger partial charge in [0.2, 0.25) is 0 Å². The Morgan fingerprint density at radius 2 is 1.04 bits per heavy atom. The van der Waals surface area contributed by atoms with Crippen molar-refractivity contribution in [3.05, 3.63) is 94.0 Å². The second kappa shape index (κ2) is 6.62. The average molecular weight is 365 g/mol. The van der Waals surface area contributed by atoms with Gasteiger partial charge in [0.1, 0.15) is 0 Å². The molecule has 2 aromatic heterocycles. The van der Waals surface area contributed by atoms with Gasteiger partial charge in [-0.2, -0.15) is 0 Å². The Bertz CT molecular complexity index is 791. The SMILES string of the molecule is N=C(c1ccncc1)c1cc(Br)cc(C(=N)c2ccncc2)c1. The van der Waals surface area contributed by atoms with Crippen molar-refractivity contribution >= 4 is 27.4 Å². The quantitative estimate of drug-likeness (QED) is 0.684. The third-order valence-electron chi connectivity index (χ3n) is 3.41. The molecule has 0 unspecified atom stereocenters. The van der Waals surface area contributed by atoms with E-state index in [9.17, 15) is 0 Å². The summed E-state index contributed by atoms with van der Waals surface area (Å²) in [5.74, 6) is 0. The fraction of sp³-hybridized carbons (Fsp3) is 0. The molecule has 0 spiro atoms. The summed E-state index contributed by atoms with van der Waals surface area (Å²) >= 11 is 3.48. The van der Waals surface area contributed by atoms with Crippen LogP contribution in [-0.4, -0.2) is 21.4 Å². The van der Waals surface area contributed by atoms with Gasteiger partial charge in [0.05, 0.1) is 11.4 Å². The van der Waals surface area contributed by atoms with Crippen molar-refractivity contribution in [1.82, 2.24) is 9.97 Å². The zero-order valence-electron chi connectivity index (χ0n) is 12.1. The highest BCUT2D eigenvalue weighted by atomic mass is 79.9. The van der Waals surface area contributed by atoms with Gasteiger partial charge in [0.25, 0.3) is 0 Å². The summed E-state index contributed by atoms with van der Waals surface area (Å²) in [7, 11) is 0. The molecular weight excluding hydrogens is 352 g/mol. The molecule has 0 amide bonds. The third-order valence-corrected chi connectivity index (χ3v) is 3.87. The molecule has 112 valence electrons. The highest BCUT2D eigenvalue weighted by Gasteiger charge is 2.11. The maximum Gasteiger partial charge on any atom is 0.0686 e. The van der Waals surface area contributed by atoms with Crippen molar-refractivity contribution in [2.24, 2.45) is 0 Å². The van der Waals surface area contributed by atoms with Gasteiger partial charge in [0, 0.05) is 51.5 Å². The first kappa shape index (κ1) is 15.2. The molecular formula is C18H13BrN4. The predicted octanol–water partition coefficient (Wildman–Crippen LogP) is 4.07. The number of nitrogens with one attached hydrogen (secondary N) is 2. The molecule has 2 N–H and O–H groups in total. The lowest BCUT2D eigenvalue weighted by Gasteiger charge is -2.10. The fourth-order valence-electron chi connectivity index (χ4n) is 2.25. The lowest BCUT2D eigenvalue weighted by atomic mass is 9.97.